The smallest absolute Gasteiger partial charge is 0.338 e. The SMILES string of the molecule is C=C(C)c1cnc(Br)cc1C(=O)OC. The maximum Gasteiger partial charge on any atom is 0.338 e. The number of rotatable bonds is 2. The summed E-state index contributed by atoms with van der Waals surface area (Å²) in [6.45, 7) is 5.59. The average molecular weight is 256 g/mol. The van der Waals surface area contributed by atoms with Crippen LogP contribution in [0.25, 0.3) is 5.57 Å². The van der Waals surface area contributed by atoms with Crippen LogP contribution in [0.3, 0.4) is 0 Å². The van der Waals surface area contributed by atoms with E-state index in [2.05, 4.69) is 32.2 Å². The molecule has 0 aliphatic carbocycles. The van der Waals surface area contributed by atoms with Crippen LogP contribution < -0.4 is 0 Å². The maximum atomic E-state index is 11.4. The van der Waals surface area contributed by atoms with Gasteiger partial charge in [-0.15, -0.1) is 0 Å². The van der Waals surface area contributed by atoms with Crippen LogP contribution in [-0.4, -0.2) is 18.1 Å². The first kappa shape index (κ1) is 10.9. The van der Waals surface area contributed by atoms with Crippen molar-refractivity contribution >= 4 is 27.5 Å². The largest absolute Gasteiger partial charge is 0.465 e. The number of aromatic nitrogens is 1. The summed E-state index contributed by atoms with van der Waals surface area (Å²) in [6.07, 6.45) is 1.60. The van der Waals surface area contributed by atoms with Crippen molar-refractivity contribution in [2.45, 2.75) is 6.92 Å². The van der Waals surface area contributed by atoms with Crippen LogP contribution in [0.5, 0.6) is 0 Å². The zero-order valence-corrected chi connectivity index (χ0v) is 9.59. The molecule has 1 aromatic rings. The van der Waals surface area contributed by atoms with Crippen LogP contribution in [0.15, 0.2) is 23.4 Å². The fraction of sp³-hybridized carbons (Fsp3) is 0.200. The van der Waals surface area contributed by atoms with Crippen molar-refractivity contribution in [3.05, 3.63) is 34.6 Å². The zero-order chi connectivity index (χ0) is 10.7. The first-order chi connectivity index (χ1) is 6.56. The molecule has 0 radical (unpaired) electrons. The number of nitrogens with zero attached hydrogens (tertiary/aromatic N) is 1. The topological polar surface area (TPSA) is 39.2 Å². The summed E-state index contributed by atoms with van der Waals surface area (Å²) in [5.74, 6) is -0.383. The van der Waals surface area contributed by atoms with Gasteiger partial charge in [-0.25, -0.2) is 9.78 Å². The Kier molecular flexibility index (Phi) is 3.41. The van der Waals surface area contributed by atoms with Crippen molar-refractivity contribution in [1.29, 1.82) is 0 Å². The van der Waals surface area contributed by atoms with Gasteiger partial charge >= 0.3 is 5.97 Å². The van der Waals surface area contributed by atoms with E-state index in [-0.39, 0.29) is 5.97 Å². The predicted octanol–water partition coefficient (Wildman–Crippen LogP) is 2.66. The van der Waals surface area contributed by atoms with Crippen LogP contribution in [0, 0.1) is 0 Å². The highest BCUT2D eigenvalue weighted by Gasteiger charge is 2.13. The van der Waals surface area contributed by atoms with E-state index >= 15 is 0 Å². The summed E-state index contributed by atoms with van der Waals surface area (Å²) >= 11 is 3.19. The van der Waals surface area contributed by atoms with E-state index in [1.54, 1.807) is 12.3 Å². The third kappa shape index (κ3) is 2.20. The van der Waals surface area contributed by atoms with Crippen molar-refractivity contribution in [2.24, 2.45) is 0 Å². The molecule has 74 valence electrons. The van der Waals surface area contributed by atoms with E-state index < -0.39 is 0 Å². The summed E-state index contributed by atoms with van der Waals surface area (Å²) < 4.78 is 5.25. The molecule has 0 saturated carbocycles. The molecule has 0 unspecified atom stereocenters. The molecule has 14 heavy (non-hydrogen) atoms. The monoisotopic (exact) mass is 255 g/mol. The van der Waals surface area contributed by atoms with E-state index in [0.717, 1.165) is 5.57 Å². The highest BCUT2D eigenvalue weighted by atomic mass is 79.9. The second kappa shape index (κ2) is 4.37. The molecule has 4 heteroatoms. The van der Waals surface area contributed by atoms with E-state index in [9.17, 15) is 4.79 Å². The van der Waals surface area contributed by atoms with Crippen molar-refractivity contribution < 1.29 is 9.53 Å². The summed E-state index contributed by atoms with van der Waals surface area (Å²) in [5, 5.41) is 0. The fourth-order valence-electron chi connectivity index (χ4n) is 1.05. The molecule has 0 fully saturated rings. The van der Waals surface area contributed by atoms with Gasteiger partial charge in [-0.1, -0.05) is 6.58 Å². The lowest BCUT2D eigenvalue weighted by Gasteiger charge is -2.06. The number of esters is 1. The number of halogens is 1. The Bertz CT molecular complexity index is 388. The van der Waals surface area contributed by atoms with Gasteiger partial charge in [0.2, 0.25) is 0 Å². The van der Waals surface area contributed by atoms with Crippen molar-refractivity contribution in [2.75, 3.05) is 7.11 Å². The van der Waals surface area contributed by atoms with Crippen LogP contribution >= 0.6 is 15.9 Å². The molecular weight excluding hydrogens is 246 g/mol. The number of allylic oxidation sites excluding steroid dienone is 1. The summed E-state index contributed by atoms with van der Waals surface area (Å²) in [6, 6.07) is 1.62. The molecule has 1 heterocycles. The number of ether oxygens (including phenoxy) is 1. The average Bonchev–Trinajstić information content (AvgIpc) is 2.16. The number of hydrogen-bond acceptors (Lipinski definition) is 3. The molecule has 0 bridgehead atoms. The first-order valence-corrected chi connectivity index (χ1v) is 4.75. The lowest BCUT2D eigenvalue weighted by Crippen LogP contribution is -2.05. The second-order valence-corrected chi connectivity index (χ2v) is 3.64. The maximum absolute atomic E-state index is 11.4. The normalized spacial score (nSPS) is 9.64. The molecule has 0 aliphatic heterocycles. The van der Waals surface area contributed by atoms with Crippen LogP contribution in [0.2, 0.25) is 0 Å². The van der Waals surface area contributed by atoms with Gasteiger partial charge in [0, 0.05) is 11.8 Å². The molecule has 3 nitrogen and oxygen atoms in total. The Morgan fingerprint density at radius 2 is 2.21 bits per heavy atom. The lowest BCUT2D eigenvalue weighted by molar-refractivity contribution is 0.0600. The molecular formula is C10H10BrNO2. The Morgan fingerprint density at radius 3 is 2.71 bits per heavy atom. The third-order valence-corrected chi connectivity index (χ3v) is 2.17. The number of carbonyl (C=O) groups is 1. The van der Waals surface area contributed by atoms with Crippen molar-refractivity contribution in [3.8, 4) is 0 Å². The molecule has 0 aliphatic rings. The van der Waals surface area contributed by atoms with Gasteiger partial charge < -0.3 is 4.74 Å². The molecule has 1 aromatic heterocycles. The van der Waals surface area contributed by atoms with E-state index in [1.165, 1.54) is 7.11 Å². The Hall–Kier alpha value is -1.16. The van der Waals surface area contributed by atoms with Gasteiger partial charge in [-0.3, -0.25) is 0 Å². The molecule has 0 spiro atoms. The standard InChI is InChI=1S/C10H10BrNO2/c1-6(2)8-5-12-9(11)4-7(8)10(13)14-3/h4-5H,1H2,2-3H3. The van der Waals surface area contributed by atoms with E-state index in [4.69, 9.17) is 0 Å². The first-order valence-electron chi connectivity index (χ1n) is 3.96. The number of carbonyl (C=O) groups excluding carboxylic acids is 1. The number of methoxy groups -OCH3 is 1. The van der Waals surface area contributed by atoms with Crippen LogP contribution in [0.4, 0.5) is 0 Å². The fourth-order valence-corrected chi connectivity index (χ4v) is 1.38. The van der Waals surface area contributed by atoms with Crippen molar-refractivity contribution in [3.63, 3.8) is 0 Å². The number of pyridine rings is 1. The van der Waals surface area contributed by atoms with Crippen LogP contribution in [0.1, 0.15) is 22.8 Å². The number of hydrogen-bond donors (Lipinski definition) is 0. The molecule has 0 saturated heterocycles. The molecule has 1 rings (SSSR count). The van der Waals surface area contributed by atoms with Gasteiger partial charge in [0.25, 0.3) is 0 Å². The lowest BCUT2D eigenvalue weighted by atomic mass is 10.1. The Morgan fingerprint density at radius 1 is 1.57 bits per heavy atom. The minimum absolute atomic E-state index is 0.383. The minimum Gasteiger partial charge on any atom is -0.465 e. The van der Waals surface area contributed by atoms with Crippen molar-refractivity contribution in [1.82, 2.24) is 4.98 Å². The third-order valence-electron chi connectivity index (χ3n) is 1.74. The molecule has 0 aromatic carbocycles. The predicted molar refractivity (Wildman–Crippen MR) is 58.0 cm³/mol. The molecule has 0 atom stereocenters. The quantitative estimate of drug-likeness (QED) is 0.603. The highest BCUT2D eigenvalue weighted by molar-refractivity contribution is 9.10. The van der Waals surface area contributed by atoms with Gasteiger partial charge in [-0.05, 0) is 34.5 Å². The van der Waals surface area contributed by atoms with E-state index in [0.29, 0.717) is 15.7 Å². The van der Waals surface area contributed by atoms with Gasteiger partial charge in [0.05, 0.1) is 12.7 Å². The van der Waals surface area contributed by atoms with Gasteiger partial charge in [-0.2, -0.15) is 0 Å². The zero-order valence-electron chi connectivity index (χ0n) is 8.00. The summed E-state index contributed by atoms with van der Waals surface area (Å²) in [5.41, 5.74) is 1.97. The van der Waals surface area contributed by atoms with Crippen LogP contribution in [-0.2, 0) is 4.74 Å². The van der Waals surface area contributed by atoms with Gasteiger partial charge in [0.15, 0.2) is 0 Å². The second-order valence-electron chi connectivity index (χ2n) is 2.82. The Labute approximate surface area is 90.9 Å². The summed E-state index contributed by atoms with van der Waals surface area (Å²) in [4.78, 5) is 15.4. The minimum atomic E-state index is -0.383. The van der Waals surface area contributed by atoms with E-state index in [1.807, 2.05) is 6.92 Å². The van der Waals surface area contributed by atoms with Gasteiger partial charge in [0.1, 0.15) is 4.60 Å². The Balaban J connectivity index is 3.29. The summed E-state index contributed by atoms with van der Waals surface area (Å²) in [7, 11) is 1.35. The highest BCUT2D eigenvalue weighted by Crippen LogP contribution is 2.20. The molecule has 0 N–H and O–H groups in total. The molecule has 0 amide bonds.